The molecule has 0 spiro atoms. The maximum atomic E-state index is 12.9. The van der Waals surface area contributed by atoms with E-state index in [1.54, 1.807) is 18.2 Å². The largest absolute Gasteiger partial charge is 0.321 e. The zero-order chi connectivity index (χ0) is 20.6. The minimum atomic E-state index is -3.58. The van der Waals surface area contributed by atoms with Crippen molar-refractivity contribution in [2.24, 2.45) is 0 Å². The van der Waals surface area contributed by atoms with E-state index in [0.29, 0.717) is 24.3 Å². The van der Waals surface area contributed by atoms with Crippen LogP contribution in [-0.2, 0) is 10.0 Å². The first-order valence-electron chi connectivity index (χ1n) is 9.33. The zero-order valence-electron chi connectivity index (χ0n) is 15.9. The molecule has 1 N–H and O–H groups in total. The van der Waals surface area contributed by atoms with Crippen molar-refractivity contribution in [2.75, 3.05) is 18.4 Å². The van der Waals surface area contributed by atoms with Crippen molar-refractivity contribution < 1.29 is 13.2 Å². The molecule has 3 aromatic rings. The molecule has 2 heterocycles. The van der Waals surface area contributed by atoms with Gasteiger partial charge in [0.2, 0.25) is 10.0 Å². The normalized spacial score (nSPS) is 15.0. The fourth-order valence-corrected chi connectivity index (χ4v) is 5.43. The lowest BCUT2D eigenvalue weighted by molar-refractivity contribution is 0.102. The monoisotopic (exact) mass is 473 g/mol. The van der Waals surface area contributed by atoms with Crippen molar-refractivity contribution in [2.45, 2.75) is 24.7 Å². The first kappa shape index (κ1) is 20.0. The molecule has 0 unspecified atom stereocenters. The molecule has 8 heteroatoms. The van der Waals surface area contributed by atoms with Crippen LogP contribution in [0.4, 0.5) is 5.69 Å². The van der Waals surface area contributed by atoms with E-state index in [-0.39, 0.29) is 10.8 Å². The predicted octanol–water partition coefficient (Wildman–Crippen LogP) is 4.34. The molecule has 0 bridgehead atoms. The fraction of sp³-hybridized carbons (Fsp3) is 0.238. The van der Waals surface area contributed by atoms with Gasteiger partial charge in [-0.15, -0.1) is 0 Å². The van der Waals surface area contributed by atoms with Gasteiger partial charge in [-0.25, -0.2) is 8.42 Å². The summed E-state index contributed by atoms with van der Waals surface area (Å²) in [4.78, 5) is 17.5. The summed E-state index contributed by atoms with van der Waals surface area (Å²) in [6.07, 6.45) is 1.73. The molecule has 4 rings (SSSR count). The van der Waals surface area contributed by atoms with Crippen molar-refractivity contribution >= 4 is 48.5 Å². The zero-order valence-corrected chi connectivity index (χ0v) is 18.3. The Balaban J connectivity index is 1.66. The van der Waals surface area contributed by atoms with Crippen molar-refractivity contribution in [1.29, 1.82) is 0 Å². The van der Waals surface area contributed by atoms with Crippen LogP contribution >= 0.6 is 15.9 Å². The van der Waals surface area contributed by atoms with E-state index in [9.17, 15) is 13.2 Å². The molecule has 150 valence electrons. The number of fused-ring (bicyclic) bond motifs is 1. The number of aromatic nitrogens is 1. The second-order valence-electron chi connectivity index (χ2n) is 7.07. The number of hydrogen-bond donors (Lipinski definition) is 1. The van der Waals surface area contributed by atoms with Gasteiger partial charge >= 0.3 is 0 Å². The first-order chi connectivity index (χ1) is 13.8. The van der Waals surface area contributed by atoms with Crippen LogP contribution in [0, 0.1) is 6.92 Å². The molecule has 0 aliphatic carbocycles. The molecule has 6 nitrogen and oxygen atoms in total. The van der Waals surface area contributed by atoms with Gasteiger partial charge in [0.25, 0.3) is 5.91 Å². The van der Waals surface area contributed by atoms with Gasteiger partial charge in [-0.05, 0) is 62.2 Å². The summed E-state index contributed by atoms with van der Waals surface area (Å²) >= 11 is 3.45. The number of nitrogens with one attached hydrogen (secondary N) is 1. The number of nitrogens with zero attached hydrogens (tertiary/aromatic N) is 2. The third-order valence-electron chi connectivity index (χ3n) is 4.95. The number of pyridine rings is 1. The molecule has 0 atom stereocenters. The maximum absolute atomic E-state index is 12.9. The Morgan fingerprint density at radius 2 is 1.86 bits per heavy atom. The first-order valence-corrected chi connectivity index (χ1v) is 11.6. The minimum absolute atomic E-state index is 0.144. The number of anilines is 1. The number of carbonyl (C=O) groups excluding carboxylic acids is 1. The maximum Gasteiger partial charge on any atom is 0.255 e. The van der Waals surface area contributed by atoms with Gasteiger partial charge in [0.1, 0.15) is 0 Å². The smallest absolute Gasteiger partial charge is 0.255 e. The number of hydrogen-bond acceptors (Lipinski definition) is 4. The third-order valence-corrected chi connectivity index (χ3v) is 7.33. The van der Waals surface area contributed by atoms with Crippen LogP contribution < -0.4 is 5.32 Å². The Hall–Kier alpha value is -2.29. The molecule has 2 aromatic carbocycles. The number of halogens is 1. The van der Waals surface area contributed by atoms with Gasteiger partial charge in [-0.1, -0.05) is 22.0 Å². The predicted molar refractivity (Wildman–Crippen MR) is 117 cm³/mol. The second kappa shape index (κ2) is 7.85. The highest BCUT2D eigenvalue weighted by Gasteiger charge is 2.27. The van der Waals surface area contributed by atoms with Crippen molar-refractivity contribution in [3.8, 4) is 0 Å². The van der Waals surface area contributed by atoms with Gasteiger partial charge in [-0.3, -0.25) is 9.78 Å². The van der Waals surface area contributed by atoms with E-state index in [0.717, 1.165) is 33.9 Å². The molecule has 0 radical (unpaired) electrons. The molecule has 1 aliphatic heterocycles. The topological polar surface area (TPSA) is 79.4 Å². The molecule has 1 saturated heterocycles. The van der Waals surface area contributed by atoms with E-state index >= 15 is 0 Å². The lowest BCUT2D eigenvalue weighted by Gasteiger charge is -2.16. The average molecular weight is 474 g/mol. The van der Waals surface area contributed by atoms with Crippen LogP contribution in [0.2, 0.25) is 0 Å². The van der Waals surface area contributed by atoms with E-state index in [1.165, 1.54) is 16.4 Å². The van der Waals surface area contributed by atoms with Crippen LogP contribution in [0.1, 0.15) is 28.9 Å². The molecule has 1 amide bonds. The minimum Gasteiger partial charge on any atom is -0.321 e. The standard InChI is InChI=1S/C21H20BrN3O3S/c1-14-11-20(18-13-16(22)7-8-19(18)23-14)24-21(26)15-5-4-6-17(12-15)29(27,28)25-9-2-3-10-25/h4-8,11-13H,2-3,9-10H2,1H3,(H,23,24,26). The van der Waals surface area contributed by atoms with E-state index in [1.807, 2.05) is 25.1 Å². The van der Waals surface area contributed by atoms with E-state index in [4.69, 9.17) is 0 Å². The van der Waals surface area contributed by atoms with Gasteiger partial charge < -0.3 is 5.32 Å². The van der Waals surface area contributed by atoms with Crippen LogP contribution in [0.3, 0.4) is 0 Å². The summed E-state index contributed by atoms with van der Waals surface area (Å²) in [7, 11) is -3.58. The number of carbonyl (C=O) groups is 1. The second-order valence-corrected chi connectivity index (χ2v) is 9.92. The summed E-state index contributed by atoms with van der Waals surface area (Å²) in [5.41, 5.74) is 2.48. The summed E-state index contributed by atoms with van der Waals surface area (Å²) in [5.74, 6) is -0.365. The summed E-state index contributed by atoms with van der Waals surface area (Å²) in [5, 5.41) is 3.71. The SMILES string of the molecule is Cc1cc(NC(=O)c2cccc(S(=O)(=O)N3CCCC3)c2)c2cc(Br)ccc2n1. The number of rotatable bonds is 4. The highest BCUT2D eigenvalue weighted by Crippen LogP contribution is 2.27. The van der Waals surface area contributed by atoms with Crippen LogP contribution in [0.15, 0.2) is 57.9 Å². The summed E-state index contributed by atoms with van der Waals surface area (Å²) in [6, 6.07) is 13.7. The van der Waals surface area contributed by atoms with Gasteiger partial charge in [0.05, 0.1) is 16.1 Å². The highest BCUT2D eigenvalue weighted by molar-refractivity contribution is 9.10. The van der Waals surface area contributed by atoms with Crippen LogP contribution in [0.25, 0.3) is 10.9 Å². The Morgan fingerprint density at radius 1 is 1.10 bits per heavy atom. The van der Waals surface area contributed by atoms with E-state index in [2.05, 4.69) is 26.2 Å². The number of aryl methyl sites for hydroxylation is 1. The van der Waals surface area contributed by atoms with Gasteiger partial charge in [0.15, 0.2) is 0 Å². The van der Waals surface area contributed by atoms with Crippen LogP contribution in [0.5, 0.6) is 0 Å². The lowest BCUT2D eigenvalue weighted by Crippen LogP contribution is -2.28. The molecular weight excluding hydrogens is 454 g/mol. The number of sulfonamides is 1. The quantitative estimate of drug-likeness (QED) is 0.610. The lowest BCUT2D eigenvalue weighted by atomic mass is 10.1. The Kier molecular flexibility index (Phi) is 5.42. The van der Waals surface area contributed by atoms with E-state index < -0.39 is 10.0 Å². The average Bonchev–Trinajstić information content (AvgIpc) is 3.24. The van der Waals surface area contributed by atoms with Gasteiger partial charge in [0, 0.05) is 34.2 Å². The summed E-state index contributed by atoms with van der Waals surface area (Å²) < 4.78 is 28.0. The number of amides is 1. The molecule has 29 heavy (non-hydrogen) atoms. The Labute approximate surface area is 178 Å². The fourth-order valence-electron chi connectivity index (χ4n) is 3.50. The molecule has 1 aromatic heterocycles. The van der Waals surface area contributed by atoms with Crippen molar-refractivity contribution in [3.63, 3.8) is 0 Å². The Bertz CT molecular complexity index is 1210. The molecule has 1 aliphatic rings. The summed E-state index contributed by atoms with van der Waals surface area (Å²) in [6.45, 7) is 2.91. The molecule has 0 saturated carbocycles. The van der Waals surface area contributed by atoms with Crippen molar-refractivity contribution in [1.82, 2.24) is 9.29 Å². The Morgan fingerprint density at radius 3 is 2.62 bits per heavy atom. The third kappa shape index (κ3) is 4.05. The molecular formula is C21H20BrN3O3S. The van der Waals surface area contributed by atoms with Gasteiger partial charge in [-0.2, -0.15) is 4.31 Å². The highest BCUT2D eigenvalue weighted by atomic mass is 79.9. The van der Waals surface area contributed by atoms with Crippen molar-refractivity contribution in [3.05, 3.63) is 64.3 Å². The van der Waals surface area contributed by atoms with Crippen LogP contribution in [-0.4, -0.2) is 36.7 Å². The number of benzene rings is 2. The molecule has 1 fully saturated rings.